The lowest BCUT2D eigenvalue weighted by Gasteiger charge is -2.36. The lowest BCUT2D eigenvalue weighted by atomic mass is 10.1. The van der Waals surface area contributed by atoms with Gasteiger partial charge in [0.05, 0.1) is 27.9 Å². The normalized spacial score (nSPS) is 14.7. The van der Waals surface area contributed by atoms with Crippen LogP contribution >= 0.6 is 23.2 Å². The summed E-state index contributed by atoms with van der Waals surface area (Å²) in [6.07, 6.45) is 1.92. The van der Waals surface area contributed by atoms with E-state index < -0.39 is 12.3 Å². The number of rotatable bonds is 11. The molecule has 2 heterocycles. The van der Waals surface area contributed by atoms with Crippen LogP contribution in [0.3, 0.4) is 0 Å². The second-order valence-electron chi connectivity index (χ2n) is 10.5. The van der Waals surface area contributed by atoms with Gasteiger partial charge in [0.15, 0.2) is 6.23 Å². The van der Waals surface area contributed by atoms with E-state index in [2.05, 4.69) is 16.4 Å². The van der Waals surface area contributed by atoms with Crippen LogP contribution in [0.2, 0.25) is 10.0 Å². The molecule has 8 nitrogen and oxygen atoms in total. The minimum Gasteiger partial charge on any atom is -0.494 e. The van der Waals surface area contributed by atoms with E-state index in [9.17, 15) is 9.59 Å². The maximum absolute atomic E-state index is 13.0. The third kappa shape index (κ3) is 7.56. The number of carbonyl (C=O) groups excluding carboxylic acids is 1. The first-order chi connectivity index (χ1) is 19.7. The van der Waals surface area contributed by atoms with E-state index in [0.717, 1.165) is 56.6 Å². The molecule has 1 fully saturated rings. The quantitative estimate of drug-likeness (QED) is 0.229. The van der Waals surface area contributed by atoms with Crippen molar-refractivity contribution in [2.75, 3.05) is 51.3 Å². The first-order valence-electron chi connectivity index (χ1n) is 13.9. The van der Waals surface area contributed by atoms with Crippen LogP contribution in [0, 0.1) is 5.92 Å². The molecule has 0 saturated carbocycles. The number of hydrogen-bond donors (Lipinski definition) is 0. The van der Waals surface area contributed by atoms with Crippen molar-refractivity contribution in [1.29, 1.82) is 0 Å². The Hall–Kier alpha value is -3.20. The van der Waals surface area contributed by atoms with E-state index in [1.54, 1.807) is 13.1 Å². The van der Waals surface area contributed by atoms with Crippen LogP contribution in [0.15, 0.2) is 66.1 Å². The van der Waals surface area contributed by atoms with Gasteiger partial charge in [-0.15, -0.1) is 0 Å². The number of ether oxygens (including phenoxy) is 2. The topological polar surface area (TPSA) is 67.2 Å². The van der Waals surface area contributed by atoms with E-state index in [1.165, 1.54) is 21.7 Å². The van der Waals surface area contributed by atoms with E-state index in [0.29, 0.717) is 27.9 Å². The smallest absolute Gasteiger partial charge is 0.415 e. The summed E-state index contributed by atoms with van der Waals surface area (Å²) in [5, 5.41) is 2.06. The van der Waals surface area contributed by atoms with Crippen molar-refractivity contribution < 1.29 is 14.3 Å². The zero-order valence-corrected chi connectivity index (χ0v) is 25.4. The van der Waals surface area contributed by atoms with Crippen molar-refractivity contribution in [3.63, 3.8) is 0 Å². The van der Waals surface area contributed by atoms with Crippen LogP contribution in [0.4, 0.5) is 10.5 Å². The van der Waals surface area contributed by atoms with Gasteiger partial charge in [0.25, 0.3) is 5.56 Å². The number of nitrogens with zero attached hydrogens (tertiary/aromatic N) is 4. The van der Waals surface area contributed by atoms with Gasteiger partial charge in [-0.1, -0.05) is 49.7 Å². The molecule has 1 atom stereocenters. The van der Waals surface area contributed by atoms with Gasteiger partial charge in [0, 0.05) is 57.5 Å². The van der Waals surface area contributed by atoms with Crippen molar-refractivity contribution >= 4 is 45.9 Å². The molecule has 1 saturated heterocycles. The van der Waals surface area contributed by atoms with Crippen molar-refractivity contribution in [2.45, 2.75) is 32.9 Å². The van der Waals surface area contributed by atoms with Crippen LogP contribution in [0.1, 0.15) is 32.9 Å². The summed E-state index contributed by atoms with van der Waals surface area (Å²) in [6.45, 7) is 12.7. The van der Waals surface area contributed by atoms with Gasteiger partial charge < -0.3 is 14.4 Å². The lowest BCUT2D eigenvalue weighted by molar-refractivity contribution is 0.0122. The van der Waals surface area contributed by atoms with Crippen LogP contribution < -0.4 is 15.2 Å². The molecular weight excluding hydrogens is 563 g/mol. The number of aromatic nitrogens is 1. The highest BCUT2D eigenvalue weighted by molar-refractivity contribution is 6.43. The molecule has 3 aromatic rings. The van der Waals surface area contributed by atoms with Crippen molar-refractivity contribution in [3.8, 4) is 5.75 Å². The van der Waals surface area contributed by atoms with Gasteiger partial charge >= 0.3 is 6.09 Å². The van der Waals surface area contributed by atoms with Crippen LogP contribution in [-0.4, -0.2) is 66.8 Å². The van der Waals surface area contributed by atoms with Gasteiger partial charge in [-0.05, 0) is 55.1 Å². The molecule has 1 unspecified atom stereocenters. The molecule has 0 aliphatic carbocycles. The molecule has 0 bridgehead atoms. The predicted molar refractivity (Wildman–Crippen MR) is 166 cm³/mol. The van der Waals surface area contributed by atoms with Crippen LogP contribution in [0.5, 0.6) is 5.75 Å². The van der Waals surface area contributed by atoms with E-state index in [-0.39, 0.29) is 11.5 Å². The number of anilines is 1. The molecule has 2 aromatic carbocycles. The third-order valence-electron chi connectivity index (χ3n) is 7.29. The zero-order valence-electron chi connectivity index (χ0n) is 23.9. The molecule has 0 radical (unpaired) electrons. The number of fused-ring (bicyclic) bond motifs is 1. The van der Waals surface area contributed by atoms with E-state index in [1.807, 2.05) is 50.2 Å². The fraction of sp³-hybridized carbons (Fsp3) is 0.419. The highest BCUT2D eigenvalue weighted by Crippen LogP contribution is 2.33. The van der Waals surface area contributed by atoms with Gasteiger partial charge in [0.1, 0.15) is 5.75 Å². The minimum atomic E-state index is -0.785. The van der Waals surface area contributed by atoms with E-state index in [4.69, 9.17) is 32.7 Å². The molecule has 0 N–H and O–H groups in total. The Morgan fingerprint density at radius 3 is 2.51 bits per heavy atom. The maximum Gasteiger partial charge on any atom is 0.415 e. The molecule has 220 valence electrons. The first kappa shape index (κ1) is 30.8. The summed E-state index contributed by atoms with van der Waals surface area (Å²) in [4.78, 5) is 31.4. The SMILES string of the molecule is C=CN(C)C(=O)OC(C(C)C)n1c(=O)ccc2ccc(OCCCCN3CCN(c4cccc(Cl)c4Cl)CC3)cc21. The van der Waals surface area contributed by atoms with E-state index >= 15 is 0 Å². The monoisotopic (exact) mass is 600 g/mol. The Bertz CT molecular complexity index is 1420. The molecule has 1 aromatic heterocycles. The maximum atomic E-state index is 13.0. The summed E-state index contributed by atoms with van der Waals surface area (Å²) >= 11 is 12.6. The second-order valence-corrected chi connectivity index (χ2v) is 11.3. The Kier molecular flexibility index (Phi) is 10.6. The number of amides is 1. The number of pyridine rings is 1. The van der Waals surface area contributed by atoms with Gasteiger partial charge in [-0.2, -0.15) is 0 Å². The highest BCUT2D eigenvalue weighted by Gasteiger charge is 2.25. The molecular formula is C31H38Cl2N4O4. The summed E-state index contributed by atoms with van der Waals surface area (Å²) < 4.78 is 13.3. The Morgan fingerprint density at radius 2 is 1.80 bits per heavy atom. The fourth-order valence-electron chi connectivity index (χ4n) is 4.91. The number of halogens is 2. The number of benzene rings is 2. The standard InChI is InChI=1S/C31H38Cl2N4O4/c1-5-34(4)31(39)41-30(22(2)3)37-27-21-24(13-11-23(27)12-14-28(37)38)40-20-7-6-15-35-16-18-36(19-17-35)26-10-8-9-25(32)29(26)33/h5,8-14,21-22,30H,1,6-7,15-20H2,2-4H3. The summed E-state index contributed by atoms with van der Waals surface area (Å²) in [5.74, 6) is 0.523. The largest absolute Gasteiger partial charge is 0.494 e. The second kappa shape index (κ2) is 14.1. The van der Waals surface area contributed by atoms with Crippen molar-refractivity contribution in [3.05, 3.63) is 81.7 Å². The molecule has 10 heteroatoms. The Balaban J connectivity index is 1.32. The predicted octanol–water partition coefficient (Wildman–Crippen LogP) is 6.66. The molecule has 1 amide bonds. The average Bonchev–Trinajstić information content (AvgIpc) is 2.97. The summed E-state index contributed by atoms with van der Waals surface area (Å²) in [7, 11) is 1.56. The highest BCUT2D eigenvalue weighted by atomic mass is 35.5. The van der Waals surface area contributed by atoms with Crippen LogP contribution in [-0.2, 0) is 4.74 Å². The number of carbonyl (C=O) groups is 1. The summed E-state index contributed by atoms with van der Waals surface area (Å²) in [6, 6.07) is 14.7. The van der Waals surface area contributed by atoms with Crippen LogP contribution in [0.25, 0.3) is 10.9 Å². The summed E-state index contributed by atoms with van der Waals surface area (Å²) in [5.41, 5.74) is 1.40. The Morgan fingerprint density at radius 1 is 1.07 bits per heavy atom. The molecule has 1 aliphatic heterocycles. The first-order valence-corrected chi connectivity index (χ1v) is 14.7. The fourth-order valence-corrected chi connectivity index (χ4v) is 5.32. The van der Waals surface area contributed by atoms with Crippen molar-refractivity contribution in [2.24, 2.45) is 5.92 Å². The Labute approximate surface area is 251 Å². The van der Waals surface area contributed by atoms with Crippen molar-refractivity contribution in [1.82, 2.24) is 14.4 Å². The third-order valence-corrected chi connectivity index (χ3v) is 8.10. The molecule has 0 spiro atoms. The lowest BCUT2D eigenvalue weighted by Crippen LogP contribution is -2.46. The van der Waals surface area contributed by atoms with Gasteiger partial charge in [-0.3, -0.25) is 19.2 Å². The molecule has 41 heavy (non-hydrogen) atoms. The average molecular weight is 602 g/mol. The zero-order chi connectivity index (χ0) is 29.5. The number of unbranched alkanes of at least 4 members (excludes halogenated alkanes) is 1. The number of piperazine rings is 1. The van der Waals surface area contributed by atoms with Gasteiger partial charge in [0.2, 0.25) is 0 Å². The molecule has 1 aliphatic rings. The number of hydrogen-bond acceptors (Lipinski definition) is 6. The minimum absolute atomic E-state index is 0.144. The molecule has 4 rings (SSSR count). The van der Waals surface area contributed by atoms with Gasteiger partial charge in [-0.25, -0.2) is 4.79 Å².